The second kappa shape index (κ2) is 6.62. The summed E-state index contributed by atoms with van der Waals surface area (Å²) >= 11 is 0. The molecule has 2 rings (SSSR count). The van der Waals surface area contributed by atoms with E-state index in [-0.39, 0.29) is 6.42 Å². The van der Waals surface area contributed by atoms with Crippen molar-refractivity contribution in [2.75, 3.05) is 6.54 Å². The summed E-state index contributed by atoms with van der Waals surface area (Å²) in [5, 5.41) is 2.06. The highest BCUT2D eigenvalue weighted by Gasteiger charge is 2.36. The van der Waals surface area contributed by atoms with Crippen molar-refractivity contribution in [3.8, 4) is 0 Å². The Bertz CT molecular complexity index is 650. The Kier molecular flexibility index (Phi) is 4.95. The first-order valence-corrected chi connectivity index (χ1v) is 6.92. The summed E-state index contributed by atoms with van der Waals surface area (Å²) in [7, 11) is 0. The van der Waals surface area contributed by atoms with Crippen LogP contribution in [0.1, 0.15) is 17.5 Å². The molecule has 1 aliphatic rings. The highest BCUT2D eigenvalue weighted by molar-refractivity contribution is 5.87. The number of rotatable bonds is 3. The molecular weight excluding hydrogens is 337 g/mol. The van der Waals surface area contributed by atoms with Gasteiger partial charge in [0, 0.05) is 18.5 Å². The fraction of sp³-hybridized carbons (Fsp3) is 0.429. The Balaban J connectivity index is 2.23. The first-order valence-electron chi connectivity index (χ1n) is 6.92. The molecule has 24 heavy (non-hydrogen) atoms. The first kappa shape index (κ1) is 18.0. The van der Waals surface area contributed by atoms with Gasteiger partial charge in [0.05, 0.1) is 12.1 Å². The van der Waals surface area contributed by atoms with E-state index in [0.29, 0.717) is 18.2 Å². The second-order valence-corrected chi connectivity index (χ2v) is 5.42. The molecule has 10 heteroatoms. The number of amides is 3. The van der Waals surface area contributed by atoms with Crippen molar-refractivity contribution in [3.05, 3.63) is 35.1 Å². The van der Waals surface area contributed by atoms with Gasteiger partial charge in [-0.05, 0) is 18.2 Å². The molecule has 1 aromatic carbocycles. The average molecular weight is 351 g/mol. The number of hydrogen-bond donors (Lipinski definition) is 2. The summed E-state index contributed by atoms with van der Waals surface area (Å²) in [5.74, 6) is -1.68. The van der Waals surface area contributed by atoms with E-state index in [4.69, 9.17) is 5.73 Å². The smallest absolute Gasteiger partial charge is 0.352 e. The molecule has 0 unspecified atom stereocenters. The molecular formula is C14H14F5N3O2. The Hall–Kier alpha value is -2.39. The van der Waals surface area contributed by atoms with E-state index in [9.17, 15) is 31.5 Å². The molecule has 1 aromatic rings. The van der Waals surface area contributed by atoms with Gasteiger partial charge in [-0.25, -0.2) is 13.6 Å². The zero-order valence-electron chi connectivity index (χ0n) is 12.2. The van der Waals surface area contributed by atoms with Crippen LogP contribution in [0.25, 0.3) is 0 Å². The van der Waals surface area contributed by atoms with Crippen molar-refractivity contribution in [2.45, 2.75) is 31.4 Å². The molecule has 2 atom stereocenters. The van der Waals surface area contributed by atoms with Gasteiger partial charge < -0.3 is 16.0 Å². The van der Waals surface area contributed by atoms with Crippen LogP contribution < -0.4 is 11.1 Å². The summed E-state index contributed by atoms with van der Waals surface area (Å²) in [6.45, 7) is -0.961. The Morgan fingerprint density at radius 1 is 1.38 bits per heavy atom. The number of nitrogens with two attached hydrogens (primary N) is 1. The molecule has 1 heterocycles. The normalized spacial score (nSPS) is 21.7. The summed E-state index contributed by atoms with van der Waals surface area (Å²) in [6.07, 6.45) is -6.50. The van der Waals surface area contributed by atoms with Crippen LogP contribution in [0.5, 0.6) is 0 Å². The van der Waals surface area contributed by atoms with Gasteiger partial charge in [0.2, 0.25) is 5.91 Å². The number of nitrogens with one attached hydrogen (secondary N) is 1. The van der Waals surface area contributed by atoms with E-state index >= 15 is 0 Å². The van der Waals surface area contributed by atoms with Crippen molar-refractivity contribution < 1.29 is 31.5 Å². The molecule has 0 saturated carbocycles. The summed E-state index contributed by atoms with van der Waals surface area (Å²) in [4.78, 5) is 23.8. The number of benzene rings is 1. The van der Waals surface area contributed by atoms with Crippen molar-refractivity contribution in [2.24, 2.45) is 5.73 Å². The molecule has 0 aliphatic carbocycles. The number of alkyl halides is 4. The van der Waals surface area contributed by atoms with Crippen molar-refractivity contribution in [3.63, 3.8) is 0 Å². The lowest BCUT2D eigenvalue weighted by Crippen LogP contribution is -2.56. The Morgan fingerprint density at radius 3 is 2.62 bits per heavy atom. The molecule has 1 fully saturated rings. The van der Waals surface area contributed by atoms with Crippen molar-refractivity contribution in [1.82, 2.24) is 10.2 Å². The molecule has 1 saturated heterocycles. The molecule has 3 amide bonds. The van der Waals surface area contributed by atoms with Gasteiger partial charge in [-0.3, -0.25) is 4.79 Å². The summed E-state index contributed by atoms with van der Waals surface area (Å²) in [5.41, 5.74) is 3.42. The number of primary amides is 1. The maximum atomic E-state index is 13.8. The molecule has 0 aromatic heterocycles. The van der Waals surface area contributed by atoms with Gasteiger partial charge in [-0.2, -0.15) is 13.2 Å². The molecule has 132 valence electrons. The molecule has 0 radical (unpaired) electrons. The molecule has 3 N–H and O–H groups in total. The third-order valence-corrected chi connectivity index (χ3v) is 3.57. The number of hydrogen-bond acceptors (Lipinski definition) is 2. The van der Waals surface area contributed by atoms with Crippen molar-refractivity contribution >= 4 is 11.9 Å². The summed E-state index contributed by atoms with van der Waals surface area (Å²) < 4.78 is 65.6. The highest BCUT2D eigenvalue weighted by atomic mass is 19.4. The largest absolute Gasteiger partial charge is 0.416 e. The van der Waals surface area contributed by atoms with Crippen LogP contribution in [-0.4, -0.2) is 35.6 Å². The standard InChI is InChI=1S/C14H14F5N3O2/c15-9-4-11(21-13(20)24)12(23)22(6-9)5-7-3-8(14(17,18)19)1-2-10(7)16/h1-3,9,11H,4-6H2,(H3,20,21,24)/t9-,11+/m0/s1. The van der Waals surface area contributed by atoms with E-state index in [1.54, 1.807) is 0 Å². The minimum absolute atomic E-state index is 0.302. The average Bonchev–Trinajstić information content (AvgIpc) is 2.44. The number of carbonyl (C=O) groups excluding carboxylic acids is 2. The third-order valence-electron chi connectivity index (χ3n) is 3.57. The lowest BCUT2D eigenvalue weighted by Gasteiger charge is -2.34. The Labute approximate surface area is 133 Å². The zero-order valence-corrected chi connectivity index (χ0v) is 12.2. The second-order valence-electron chi connectivity index (χ2n) is 5.42. The fourth-order valence-corrected chi connectivity index (χ4v) is 2.49. The van der Waals surface area contributed by atoms with Crippen LogP contribution in [0.4, 0.5) is 26.7 Å². The van der Waals surface area contributed by atoms with E-state index in [2.05, 4.69) is 5.32 Å². The number of urea groups is 1. The van der Waals surface area contributed by atoms with Gasteiger partial charge >= 0.3 is 12.2 Å². The number of nitrogens with zero attached hydrogens (tertiary/aromatic N) is 1. The Morgan fingerprint density at radius 2 is 2.04 bits per heavy atom. The van der Waals surface area contributed by atoms with Crippen LogP contribution in [0, 0.1) is 5.82 Å². The van der Waals surface area contributed by atoms with Crippen LogP contribution in [0.2, 0.25) is 0 Å². The maximum absolute atomic E-state index is 13.8. The van der Waals surface area contributed by atoms with Crippen molar-refractivity contribution in [1.29, 1.82) is 0 Å². The van der Waals surface area contributed by atoms with Crippen LogP contribution in [0.15, 0.2) is 18.2 Å². The predicted molar refractivity (Wildman–Crippen MR) is 72.8 cm³/mol. The van der Waals surface area contributed by atoms with E-state index < -0.39 is 60.4 Å². The lowest BCUT2D eigenvalue weighted by molar-refractivity contribution is -0.138. The third kappa shape index (κ3) is 4.12. The predicted octanol–water partition coefficient (Wildman–Crippen LogP) is 1.95. The topological polar surface area (TPSA) is 75.4 Å². The molecule has 5 nitrogen and oxygen atoms in total. The number of halogens is 5. The van der Waals surface area contributed by atoms with Gasteiger partial charge in [-0.1, -0.05) is 0 Å². The van der Waals surface area contributed by atoms with Gasteiger partial charge in [0.15, 0.2) is 0 Å². The minimum Gasteiger partial charge on any atom is -0.352 e. The van der Waals surface area contributed by atoms with E-state index in [1.807, 2.05) is 0 Å². The molecule has 0 bridgehead atoms. The number of likely N-dealkylation sites (tertiary alicyclic amines) is 1. The molecule has 1 aliphatic heterocycles. The lowest BCUT2D eigenvalue weighted by atomic mass is 10.0. The van der Waals surface area contributed by atoms with Crippen LogP contribution >= 0.6 is 0 Å². The van der Waals surface area contributed by atoms with Crippen LogP contribution in [-0.2, 0) is 17.5 Å². The minimum atomic E-state index is -4.67. The number of piperidine rings is 1. The monoisotopic (exact) mass is 351 g/mol. The van der Waals surface area contributed by atoms with E-state index in [0.717, 1.165) is 4.90 Å². The van der Waals surface area contributed by atoms with Crippen LogP contribution in [0.3, 0.4) is 0 Å². The SMILES string of the molecule is NC(=O)N[C@@H]1C[C@H](F)CN(Cc2cc(C(F)(F)F)ccc2F)C1=O. The summed E-state index contributed by atoms with van der Waals surface area (Å²) in [6, 6.07) is -0.487. The van der Waals surface area contributed by atoms with Gasteiger partial charge in [0.1, 0.15) is 18.0 Å². The maximum Gasteiger partial charge on any atom is 0.416 e. The molecule has 0 spiro atoms. The van der Waals surface area contributed by atoms with Gasteiger partial charge in [-0.15, -0.1) is 0 Å². The fourth-order valence-electron chi connectivity index (χ4n) is 2.49. The highest BCUT2D eigenvalue weighted by Crippen LogP contribution is 2.31. The first-order chi connectivity index (χ1) is 11.1. The quantitative estimate of drug-likeness (QED) is 0.817. The van der Waals surface area contributed by atoms with E-state index in [1.165, 1.54) is 0 Å². The number of carbonyl (C=O) groups is 2. The zero-order chi connectivity index (χ0) is 18.1. The van der Waals surface area contributed by atoms with Gasteiger partial charge in [0.25, 0.3) is 0 Å².